The molecular formula is C31H18N4S. The molecule has 0 unspecified atom stereocenters. The Balaban J connectivity index is 1.57. The Morgan fingerprint density at radius 1 is 0.583 bits per heavy atom. The first-order chi connectivity index (χ1) is 17.9. The lowest BCUT2D eigenvalue weighted by Crippen LogP contribution is -2.03. The molecule has 0 aliphatic carbocycles. The molecule has 0 saturated carbocycles. The minimum atomic E-state index is 0.677. The Morgan fingerprint density at radius 3 is 2.25 bits per heavy atom. The molecule has 5 heteroatoms. The molecule has 0 aliphatic heterocycles. The van der Waals surface area contributed by atoms with Crippen molar-refractivity contribution < 1.29 is 0 Å². The predicted molar refractivity (Wildman–Crippen MR) is 150 cm³/mol. The zero-order valence-electron chi connectivity index (χ0n) is 19.1. The van der Waals surface area contributed by atoms with Crippen LogP contribution in [0.5, 0.6) is 0 Å². The zero-order valence-corrected chi connectivity index (χ0v) is 19.9. The van der Waals surface area contributed by atoms with Crippen LogP contribution >= 0.6 is 11.3 Å². The smallest absolute Gasteiger partial charge is 0.235 e. The van der Waals surface area contributed by atoms with Crippen LogP contribution in [0, 0.1) is 0 Å². The number of nitrogens with zero attached hydrogens (tertiary/aromatic N) is 4. The van der Waals surface area contributed by atoms with Gasteiger partial charge in [-0.3, -0.25) is 4.57 Å². The Kier molecular flexibility index (Phi) is 4.07. The van der Waals surface area contributed by atoms with Crippen LogP contribution < -0.4 is 0 Å². The number of thiophene rings is 1. The van der Waals surface area contributed by atoms with Crippen molar-refractivity contribution in [2.24, 2.45) is 0 Å². The van der Waals surface area contributed by atoms with Gasteiger partial charge in [0.2, 0.25) is 5.95 Å². The van der Waals surface area contributed by atoms with Crippen molar-refractivity contribution in [2.45, 2.75) is 0 Å². The molecule has 4 nitrogen and oxygen atoms in total. The van der Waals surface area contributed by atoms with E-state index in [1.54, 1.807) is 11.3 Å². The lowest BCUT2D eigenvalue weighted by Gasteiger charge is -2.12. The van der Waals surface area contributed by atoms with Crippen LogP contribution in [-0.4, -0.2) is 19.5 Å². The van der Waals surface area contributed by atoms with E-state index in [9.17, 15) is 0 Å². The highest BCUT2D eigenvalue weighted by atomic mass is 32.1. The fourth-order valence-corrected chi connectivity index (χ4v) is 6.49. The summed E-state index contributed by atoms with van der Waals surface area (Å²) in [6, 6.07) is 35.8. The van der Waals surface area contributed by atoms with Gasteiger partial charge in [-0.1, -0.05) is 78.9 Å². The molecule has 0 saturated heterocycles. The maximum atomic E-state index is 5.22. The normalized spacial score (nSPS) is 11.9. The number of hydrogen-bond acceptors (Lipinski definition) is 4. The second-order valence-corrected chi connectivity index (χ2v) is 9.90. The minimum absolute atomic E-state index is 0.677. The molecule has 8 rings (SSSR count). The Hall–Kier alpha value is -4.61. The number of rotatable bonds is 2. The number of hydrogen-bond donors (Lipinski definition) is 0. The molecule has 0 atom stereocenters. The summed E-state index contributed by atoms with van der Waals surface area (Å²) in [6.07, 6.45) is 1.86. The van der Waals surface area contributed by atoms with Crippen molar-refractivity contribution in [1.29, 1.82) is 0 Å². The van der Waals surface area contributed by atoms with Crippen LogP contribution in [0.25, 0.3) is 70.2 Å². The summed E-state index contributed by atoms with van der Waals surface area (Å²) >= 11 is 1.73. The fourth-order valence-electron chi connectivity index (χ4n) is 5.30. The molecule has 0 fully saturated rings. The second kappa shape index (κ2) is 7.44. The summed E-state index contributed by atoms with van der Waals surface area (Å²) in [5, 5.41) is 5.83. The number of aromatic nitrogens is 4. The van der Waals surface area contributed by atoms with E-state index < -0.39 is 0 Å². The average molecular weight is 479 g/mol. The van der Waals surface area contributed by atoms with Crippen LogP contribution in [0.2, 0.25) is 0 Å². The van der Waals surface area contributed by atoms with Crippen molar-refractivity contribution in [2.75, 3.05) is 0 Å². The van der Waals surface area contributed by atoms with Gasteiger partial charge < -0.3 is 0 Å². The highest BCUT2D eigenvalue weighted by Crippen LogP contribution is 2.42. The van der Waals surface area contributed by atoms with Crippen molar-refractivity contribution in [1.82, 2.24) is 19.5 Å². The van der Waals surface area contributed by atoms with E-state index in [-0.39, 0.29) is 0 Å². The standard InChI is InChI=1S/C31H18N4S/c1-2-9-19(10-3-1)27-24-12-4-6-14-25(24)33-31(34-27)35-26-15-7-5-11-20(26)21-16-17-22-23-13-8-18-32-30(23)36-29(22)28(21)35/h1-18H. The zero-order chi connectivity index (χ0) is 23.6. The highest BCUT2D eigenvalue weighted by molar-refractivity contribution is 7.26. The Bertz CT molecular complexity index is 2100. The molecule has 0 aliphatic rings. The van der Waals surface area contributed by atoms with Gasteiger partial charge in [0.15, 0.2) is 0 Å². The average Bonchev–Trinajstić information content (AvgIpc) is 3.49. The Labute approximate surface area is 210 Å². The molecule has 0 amide bonds. The van der Waals surface area contributed by atoms with E-state index in [1.165, 1.54) is 26.2 Å². The SMILES string of the molecule is c1ccc(-c2nc(-n3c4ccccc4c4ccc5c6cccnc6sc5c43)nc3ccccc23)cc1. The summed E-state index contributed by atoms with van der Waals surface area (Å²) in [7, 11) is 0. The van der Waals surface area contributed by atoms with Crippen molar-refractivity contribution in [3.05, 3.63) is 109 Å². The third-order valence-electron chi connectivity index (χ3n) is 6.89. The second-order valence-electron chi connectivity index (χ2n) is 8.90. The van der Waals surface area contributed by atoms with Gasteiger partial charge in [0.05, 0.1) is 26.9 Å². The van der Waals surface area contributed by atoms with E-state index in [0.29, 0.717) is 5.95 Å². The summed E-state index contributed by atoms with van der Waals surface area (Å²) in [5.74, 6) is 0.677. The number of para-hydroxylation sites is 2. The molecule has 0 radical (unpaired) electrons. The maximum Gasteiger partial charge on any atom is 0.235 e. The quantitative estimate of drug-likeness (QED) is 0.252. The van der Waals surface area contributed by atoms with Gasteiger partial charge in [-0.2, -0.15) is 0 Å². The molecular weight excluding hydrogens is 460 g/mol. The van der Waals surface area contributed by atoms with Gasteiger partial charge in [-0.25, -0.2) is 15.0 Å². The van der Waals surface area contributed by atoms with Crippen molar-refractivity contribution in [3.63, 3.8) is 0 Å². The molecule has 4 aromatic carbocycles. The summed E-state index contributed by atoms with van der Waals surface area (Å²) < 4.78 is 3.44. The monoisotopic (exact) mass is 478 g/mol. The third-order valence-corrected chi connectivity index (χ3v) is 8.02. The highest BCUT2D eigenvalue weighted by Gasteiger charge is 2.20. The third kappa shape index (κ3) is 2.72. The number of benzene rings is 4. The molecule has 4 aromatic heterocycles. The maximum absolute atomic E-state index is 5.22. The molecule has 0 spiro atoms. The van der Waals surface area contributed by atoms with Crippen molar-refractivity contribution >= 4 is 64.3 Å². The summed E-state index contributed by atoms with van der Waals surface area (Å²) in [5.41, 5.74) is 5.17. The number of pyridine rings is 1. The molecule has 36 heavy (non-hydrogen) atoms. The van der Waals surface area contributed by atoms with E-state index in [1.807, 2.05) is 30.5 Å². The van der Waals surface area contributed by atoms with E-state index in [2.05, 4.69) is 88.4 Å². The topological polar surface area (TPSA) is 43.6 Å². The summed E-state index contributed by atoms with van der Waals surface area (Å²) in [4.78, 5) is 16.0. The van der Waals surface area contributed by atoms with E-state index in [0.717, 1.165) is 38.0 Å². The lowest BCUT2D eigenvalue weighted by molar-refractivity contribution is 1.02. The van der Waals surface area contributed by atoms with Crippen LogP contribution in [0.1, 0.15) is 0 Å². The van der Waals surface area contributed by atoms with E-state index in [4.69, 9.17) is 9.97 Å². The first-order valence-corrected chi connectivity index (χ1v) is 12.7. The van der Waals surface area contributed by atoms with Crippen LogP contribution in [0.4, 0.5) is 0 Å². The van der Waals surface area contributed by atoms with Crippen LogP contribution in [-0.2, 0) is 0 Å². The molecule has 4 heterocycles. The molecule has 0 bridgehead atoms. The Morgan fingerprint density at radius 2 is 1.33 bits per heavy atom. The first kappa shape index (κ1) is 19.7. The molecule has 8 aromatic rings. The van der Waals surface area contributed by atoms with Crippen LogP contribution in [0.3, 0.4) is 0 Å². The predicted octanol–water partition coefficient (Wildman–Crippen LogP) is 8.16. The fraction of sp³-hybridized carbons (Fsp3) is 0. The van der Waals surface area contributed by atoms with Gasteiger partial charge >= 0.3 is 0 Å². The van der Waals surface area contributed by atoms with Crippen molar-refractivity contribution in [3.8, 4) is 17.2 Å². The first-order valence-electron chi connectivity index (χ1n) is 11.9. The van der Waals surface area contributed by atoms with Gasteiger partial charge in [0.25, 0.3) is 0 Å². The van der Waals surface area contributed by atoms with Gasteiger partial charge in [0, 0.05) is 38.7 Å². The largest absolute Gasteiger partial charge is 0.276 e. The molecule has 0 N–H and O–H groups in total. The van der Waals surface area contributed by atoms with E-state index >= 15 is 0 Å². The van der Waals surface area contributed by atoms with Gasteiger partial charge in [0.1, 0.15) is 4.83 Å². The summed E-state index contributed by atoms with van der Waals surface area (Å²) in [6.45, 7) is 0. The van der Waals surface area contributed by atoms with Gasteiger partial charge in [-0.15, -0.1) is 11.3 Å². The van der Waals surface area contributed by atoms with Gasteiger partial charge in [-0.05, 0) is 24.3 Å². The number of fused-ring (bicyclic) bond motifs is 8. The van der Waals surface area contributed by atoms with Crippen LogP contribution in [0.15, 0.2) is 109 Å². The minimum Gasteiger partial charge on any atom is -0.276 e. The molecule has 168 valence electrons. The lowest BCUT2D eigenvalue weighted by atomic mass is 10.1.